The smallest absolute Gasteiger partial charge is 0.169 e. The highest BCUT2D eigenvalue weighted by Crippen LogP contribution is 2.33. The summed E-state index contributed by atoms with van der Waals surface area (Å²) in [5, 5.41) is 1.90. The average Bonchev–Trinajstić information content (AvgIpc) is 3.25. The van der Waals surface area contributed by atoms with E-state index in [1.165, 1.54) is 4.70 Å². The molecule has 0 saturated carbocycles. The Morgan fingerprint density at radius 1 is 1.00 bits per heavy atom. The van der Waals surface area contributed by atoms with Gasteiger partial charge in [0.15, 0.2) is 5.78 Å². The highest BCUT2D eigenvalue weighted by atomic mass is 32.1. The van der Waals surface area contributed by atoms with E-state index >= 15 is 0 Å². The summed E-state index contributed by atoms with van der Waals surface area (Å²) in [7, 11) is 0. The monoisotopic (exact) mass is 395 g/mol. The van der Waals surface area contributed by atoms with Crippen LogP contribution >= 0.6 is 22.7 Å². The van der Waals surface area contributed by atoms with Gasteiger partial charge in [-0.2, -0.15) is 0 Å². The second-order valence-corrected chi connectivity index (χ2v) is 8.74. The summed E-state index contributed by atoms with van der Waals surface area (Å²) in [4.78, 5) is 24.3. The van der Waals surface area contributed by atoms with Crippen molar-refractivity contribution in [2.24, 2.45) is 0 Å². The van der Waals surface area contributed by atoms with Crippen LogP contribution in [0.2, 0.25) is 0 Å². The number of nitrogens with zero attached hydrogens (tertiary/aromatic N) is 3. The van der Waals surface area contributed by atoms with E-state index in [0.29, 0.717) is 6.42 Å². The highest BCUT2D eigenvalue weighted by molar-refractivity contribution is 7.22. The number of hydrogen-bond donors (Lipinski definition) is 0. The fraction of sp³-hybridized carbons (Fsp3) is 0.286. The summed E-state index contributed by atoms with van der Waals surface area (Å²) in [5.74, 6) is 0.103. The van der Waals surface area contributed by atoms with Crippen molar-refractivity contribution in [3.63, 3.8) is 0 Å². The number of rotatable bonds is 6. The number of anilines is 1. The zero-order chi connectivity index (χ0) is 19.0. The van der Waals surface area contributed by atoms with Crippen molar-refractivity contribution >= 4 is 54.6 Å². The highest BCUT2D eigenvalue weighted by Gasteiger charge is 2.14. The second-order valence-electron chi connectivity index (χ2n) is 6.42. The van der Waals surface area contributed by atoms with Gasteiger partial charge in [0, 0.05) is 24.3 Å². The third kappa shape index (κ3) is 3.47. The lowest BCUT2D eigenvalue weighted by Crippen LogP contribution is -2.21. The van der Waals surface area contributed by atoms with Crippen LogP contribution in [0.1, 0.15) is 34.2 Å². The molecule has 4 nitrogen and oxygen atoms in total. The van der Waals surface area contributed by atoms with Crippen LogP contribution in [-0.2, 0) is 6.42 Å². The molecule has 4 rings (SSSR count). The molecule has 0 radical (unpaired) electrons. The Labute approximate surface area is 166 Å². The van der Waals surface area contributed by atoms with Crippen LogP contribution in [-0.4, -0.2) is 28.8 Å². The van der Waals surface area contributed by atoms with Gasteiger partial charge in [-0.3, -0.25) is 4.79 Å². The molecule has 4 aromatic rings. The lowest BCUT2D eigenvalue weighted by molar-refractivity contribution is 0.0993. The molecule has 0 saturated heterocycles. The SMILES string of the molecule is CCN(CC)c1ccc(C(=O)Cc2nc3ccc4sc(C)nc4c3s2)cc1. The molecule has 0 N–H and O–H groups in total. The molecule has 0 aliphatic heterocycles. The number of Topliss-reactive ketones (excluding diaryl/α,β-unsaturated/α-hetero) is 1. The minimum Gasteiger partial charge on any atom is -0.372 e. The number of benzene rings is 2. The van der Waals surface area contributed by atoms with Crippen molar-refractivity contribution in [2.45, 2.75) is 27.2 Å². The van der Waals surface area contributed by atoms with Crippen molar-refractivity contribution in [2.75, 3.05) is 18.0 Å². The van der Waals surface area contributed by atoms with Gasteiger partial charge in [0.05, 0.1) is 26.3 Å². The van der Waals surface area contributed by atoms with E-state index in [1.807, 2.05) is 37.3 Å². The molecule has 2 heterocycles. The van der Waals surface area contributed by atoms with Gasteiger partial charge >= 0.3 is 0 Å². The Morgan fingerprint density at radius 2 is 1.74 bits per heavy atom. The maximum Gasteiger partial charge on any atom is 0.169 e. The third-order valence-electron chi connectivity index (χ3n) is 4.70. The summed E-state index contributed by atoms with van der Waals surface area (Å²) in [6.45, 7) is 8.21. The van der Waals surface area contributed by atoms with Crippen molar-refractivity contribution in [1.29, 1.82) is 0 Å². The van der Waals surface area contributed by atoms with Crippen molar-refractivity contribution < 1.29 is 4.79 Å². The van der Waals surface area contributed by atoms with Gasteiger partial charge < -0.3 is 4.90 Å². The van der Waals surface area contributed by atoms with Gasteiger partial charge in [-0.1, -0.05) is 0 Å². The predicted octanol–water partition coefficient (Wildman–Crippen LogP) is 5.49. The van der Waals surface area contributed by atoms with Gasteiger partial charge in [0.1, 0.15) is 10.5 Å². The molecule has 27 heavy (non-hydrogen) atoms. The molecular formula is C21H21N3OS2. The van der Waals surface area contributed by atoms with Gasteiger partial charge in [0.2, 0.25) is 0 Å². The number of aromatic nitrogens is 2. The zero-order valence-corrected chi connectivity index (χ0v) is 17.3. The van der Waals surface area contributed by atoms with Crippen LogP contribution in [0, 0.1) is 6.92 Å². The summed E-state index contributed by atoms with van der Waals surface area (Å²) in [6.07, 6.45) is 0.328. The maximum absolute atomic E-state index is 12.7. The Morgan fingerprint density at radius 3 is 2.44 bits per heavy atom. The van der Waals surface area contributed by atoms with Gasteiger partial charge in [0.25, 0.3) is 0 Å². The number of hydrogen-bond acceptors (Lipinski definition) is 6. The Balaban J connectivity index is 1.58. The molecule has 0 atom stereocenters. The number of fused-ring (bicyclic) bond motifs is 3. The molecule has 0 aliphatic carbocycles. The number of aryl methyl sites for hydroxylation is 1. The van der Waals surface area contributed by atoms with Gasteiger partial charge in [-0.15, -0.1) is 22.7 Å². The quantitative estimate of drug-likeness (QED) is 0.405. The van der Waals surface area contributed by atoms with Crippen LogP contribution in [0.5, 0.6) is 0 Å². The predicted molar refractivity (Wildman–Crippen MR) is 116 cm³/mol. The van der Waals surface area contributed by atoms with E-state index in [9.17, 15) is 4.79 Å². The molecule has 0 unspecified atom stereocenters. The normalized spacial score (nSPS) is 11.4. The van der Waals surface area contributed by atoms with Crippen LogP contribution < -0.4 is 4.90 Å². The fourth-order valence-corrected chi connectivity index (χ4v) is 5.25. The Hall–Kier alpha value is -2.31. The lowest BCUT2D eigenvalue weighted by Gasteiger charge is -2.20. The second kappa shape index (κ2) is 7.37. The maximum atomic E-state index is 12.7. The molecule has 0 aliphatic rings. The van der Waals surface area contributed by atoms with E-state index in [2.05, 4.69) is 34.8 Å². The first-order valence-corrected chi connectivity index (χ1v) is 10.8. The third-order valence-corrected chi connectivity index (χ3v) is 6.71. The fourth-order valence-electron chi connectivity index (χ4n) is 3.30. The van der Waals surface area contributed by atoms with Crippen molar-refractivity contribution in [1.82, 2.24) is 9.97 Å². The van der Waals surface area contributed by atoms with Gasteiger partial charge in [-0.25, -0.2) is 9.97 Å². The van der Waals surface area contributed by atoms with E-state index < -0.39 is 0 Å². The molecular weight excluding hydrogens is 374 g/mol. The van der Waals surface area contributed by atoms with Crippen LogP contribution in [0.4, 0.5) is 5.69 Å². The first-order chi connectivity index (χ1) is 13.1. The van der Waals surface area contributed by atoms with Crippen molar-refractivity contribution in [3.05, 3.63) is 52.0 Å². The van der Waals surface area contributed by atoms with Crippen molar-refractivity contribution in [3.8, 4) is 0 Å². The summed E-state index contributed by atoms with van der Waals surface area (Å²) < 4.78 is 2.25. The van der Waals surface area contributed by atoms with Gasteiger partial charge in [-0.05, 0) is 57.2 Å². The largest absolute Gasteiger partial charge is 0.372 e. The standard InChI is InChI=1S/C21H21N3OS2/c1-4-24(5-2)15-8-6-14(7-9-15)17(25)12-19-23-16-10-11-18-20(21(16)27-19)22-13(3)26-18/h6-11H,4-5,12H2,1-3H3. The lowest BCUT2D eigenvalue weighted by atomic mass is 10.1. The van der Waals surface area contributed by atoms with Crippen LogP contribution in [0.3, 0.4) is 0 Å². The summed E-state index contributed by atoms with van der Waals surface area (Å²) >= 11 is 3.27. The van der Waals surface area contributed by atoms with E-state index in [-0.39, 0.29) is 5.78 Å². The molecule has 6 heteroatoms. The average molecular weight is 396 g/mol. The number of carbonyl (C=O) groups excluding carboxylic acids is 1. The minimum atomic E-state index is 0.103. The number of thiazole rings is 2. The molecule has 0 fully saturated rings. The Bertz CT molecular complexity index is 1110. The number of ketones is 1. The summed E-state index contributed by atoms with van der Waals surface area (Å²) in [5.41, 5.74) is 3.82. The molecule has 0 spiro atoms. The molecule has 0 bridgehead atoms. The molecule has 2 aromatic heterocycles. The topological polar surface area (TPSA) is 46.1 Å². The first kappa shape index (κ1) is 18.1. The molecule has 138 valence electrons. The van der Waals surface area contributed by atoms with E-state index in [0.717, 1.165) is 50.1 Å². The van der Waals surface area contributed by atoms with Crippen LogP contribution in [0.15, 0.2) is 36.4 Å². The van der Waals surface area contributed by atoms with E-state index in [1.54, 1.807) is 22.7 Å². The zero-order valence-electron chi connectivity index (χ0n) is 15.7. The molecule has 0 amide bonds. The number of carbonyl (C=O) groups is 1. The summed E-state index contributed by atoms with van der Waals surface area (Å²) in [6, 6.07) is 12.0. The Kier molecular flexibility index (Phi) is 4.93. The molecule has 2 aromatic carbocycles. The van der Waals surface area contributed by atoms with E-state index in [4.69, 9.17) is 0 Å². The minimum absolute atomic E-state index is 0.103. The first-order valence-electron chi connectivity index (χ1n) is 9.12. The van der Waals surface area contributed by atoms with Crippen LogP contribution in [0.25, 0.3) is 20.4 Å².